The SMILES string of the molecule is Cn1[nH]c(C2CC2)c(C(=O)c2cc(Oc3ccc(C(F)(F)F)cc3Cl)ccc2[N+](=O)[O-])c1=O. The van der Waals surface area contributed by atoms with Gasteiger partial charge in [0.2, 0.25) is 5.78 Å². The molecule has 1 aliphatic carbocycles. The minimum atomic E-state index is -4.60. The third-order valence-electron chi connectivity index (χ3n) is 5.19. The van der Waals surface area contributed by atoms with Crippen LogP contribution in [-0.4, -0.2) is 20.5 Å². The van der Waals surface area contributed by atoms with Gasteiger partial charge in [-0.05, 0) is 43.2 Å². The first-order chi connectivity index (χ1) is 15.5. The fourth-order valence-electron chi connectivity index (χ4n) is 3.40. The fourth-order valence-corrected chi connectivity index (χ4v) is 3.62. The summed E-state index contributed by atoms with van der Waals surface area (Å²) in [7, 11) is 1.44. The number of alkyl halides is 3. The summed E-state index contributed by atoms with van der Waals surface area (Å²) in [5.41, 5.74) is -2.30. The molecule has 1 aromatic heterocycles. The number of nitro groups is 1. The Hall–Kier alpha value is -3.60. The molecule has 2 aromatic carbocycles. The van der Waals surface area contributed by atoms with Crippen molar-refractivity contribution in [1.29, 1.82) is 0 Å². The lowest BCUT2D eigenvalue weighted by molar-refractivity contribution is -0.385. The molecular formula is C21H15ClF3N3O5. The van der Waals surface area contributed by atoms with Gasteiger partial charge in [-0.15, -0.1) is 0 Å². The van der Waals surface area contributed by atoms with E-state index in [-0.39, 0.29) is 33.6 Å². The van der Waals surface area contributed by atoms with Gasteiger partial charge in [0, 0.05) is 19.0 Å². The number of benzene rings is 2. The van der Waals surface area contributed by atoms with Crippen molar-refractivity contribution < 1.29 is 27.6 Å². The Morgan fingerprint density at radius 1 is 1.24 bits per heavy atom. The van der Waals surface area contributed by atoms with Gasteiger partial charge < -0.3 is 4.74 Å². The molecule has 3 aromatic rings. The molecular weight excluding hydrogens is 467 g/mol. The van der Waals surface area contributed by atoms with Gasteiger partial charge in [0.15, 0.2) is 0 Å². The van der Waals surface area contributed by atoms with Gasteiger partial charge in [0.1, 0.15) is 22.6 Å². The minimum absolute atomic E-state index is 0.0118. The molecule has 1 saturated carbocycles. The molecule has 0 atom stereocenters. The Morgan fingerprint density at radius 3 is 2.52 bits per heavy atom. The average molecular weight is 482 g/mol. The number of carbonyl (C=O) groups excluding carboxylic acids is 1. The van der Waals surface area contributed by atoms with Crippen LogP contribution in [0.4, 0.5) is 18.9 Å². The van der Waals surface area contributed by atoms with Crippen LogP contribution in [0.5, 0.6) is 11.5 Å². The molecule has 0 amide bonds. The molecule has 8 nitrogen and oxygen atoms in total. The number of carbonyl (C=O) groups is 1. The minimum Gasteiger partial charge on any atom is -0.456 e. The van der Waals surface area contributed by atoms with Crippen molar-refractivity contribution in [2.24, 2.45) is 7.05 Å². The molecule has 0 unspecified atom stereocenters. The van der Waals surface area contributed by atoms with Gasteiger partial charge in [-0.1, -0.05) is 11.6 Å². The van der Waals surface area contributed by atoms with Crippen LogP contribution in [0.15, 0.2) is 41.2 Å². The zero-order chi connectivity index (χ0) is 24.1. The number of nitro benzene ring substituents is 1. The number of ketones is 1. The third-order valence-corrected chi connectivity index (χ3v) is 5.48. The van der Waals surface area contributed by atoms with Crippen molar-refractivity contribution in [2.45, 2.75) is 24.9 Å². The quantitative estimate of drug-likeness (QED) is 0.296. The van der Waals surface area contributed by atoms with Gasteiger partial charge in [-0.2, -0.15) is 13.2 Å². The maximum absolute atomic E-state index is 13.2. The van der Waals surface area contributed by atoms with E-state index >= 15 is 0 Å². The van der Waals surface area contributed by atoms with Crippen molar-refractivity contribution in [3.63, 3.8) is 0 Å². The first-order valence-corrected chi connectivity index (χ1v) is 10.0. The topological polar surface area (TPSA) is 107 Å². The van der Waals surface area contributed by atoms with Crippen molar-refractivity contribution >= 4 is 23.1 Å². The second kappa shape index (κ2) is 8.07. The predicted octanol–water partition coefficient (Wildman–Crippen LogP) is 5.19. The highest BCUT2D eigenvalue weighted by Gasteiger charge is 2.35. The molecule has 33 heavy (non-hydrogen) atoms. The normalized spacial score (nSPS) is 13.7. The summed E-state index contributed by atoms with van der Waals surface area (Å²) >= 11 is 5.90. The number of H-pyrrole nitrogens is 1. The number of aromatic amines is 1. The van der Waals surface area contributed by atoms with Crippen LogP contribution in [0.3, 0.4) is 0 Å². The average Bonchev–Trinajstić information content (AvgIpc) is 3.54. The van der Waals surface area contributed by atoms with E-state index in [4.69, 9.17) is 16.3 Å². The van der Waals surface area contributed by atoms with Crippen molar-refractivity contribution in [1.82, 2.24) is 9.78 Å². The fraction of sp³-hybridized carbons (Fsp3) is 0.238. The molecule has 4 rings (SSSR count). The molecule has 1 heterocycles. The second-order valence-electron chi connectivity index (χ2n) is 7.55. The van der Waals surface area contributed by atoms with Crippen LogP contribution in [-0.2, 0) is 13.2 Å². The summed E-state index contributed by atoms with van der Waals surface area (Å²) < 4.78 is 45.2. The number of aryl methyl sites for hydroxylation is 1. The van der Waals surface area contributed by atoms with Gasteiger partial charge in [0.25, 0.3) is 11.2 Å². The Balaban J connectivity index is 1.74. The number of hydrogen-bond donors (Lipinski definition) is 1. The number of halogens is 4. The highest BCUT2D eigenvalue weighted by Crippen LogP contribution is 2.41. The van der Waals surface area contributed by atoms with Crippen molar-refractivity contribution in [2.75, 3.05) is 0 Å². The number of nitrogens with one attached hydrogen (secondary N) is 1. The first kappa shape index (κ1) is 22.6. The van der Waals surface area contributed by atoms with E-state index in [0.29, 0.717) is 11.8 Å². The number of ether oxygens (including phenoxy) is 1. The Labute approximate surface area is 188 Å². The monoisotopic (exact) mass is 481 g/mol. The first-order valence-electron chi connectivity index (χ1n) is 9.64. The molecule has 0 saturated heterocycles. The molecule has 1 N–H and O–H groups in total. The van der Waals surface area contributed by atoms with Crippen LogP contribution < -0.4 is 10.3 Å². The van der Waals surface area contributed by atoms with Crippen LogP contribution in [0.2, 0.25) is 5.02 Å². The van der Waals surface area contributed by atoms with Crippen LogP contribution in [0, 0.1) is 10.1 Å². The van der Waals surface area contributed by atoms with Crippen molar-refractivity contribution in [3.8, 4) is 11.5 Å². The molecule has 0 radical (unpaired) electrons. The smallest absolute Gasteiger partial charge is 0.416 e. The third kappa shape index (κ3) is 4.36. The van der Waals surface area contributed by atoms with E-state index in [0.717, 1.165) is 41.8 Å². The number of hydrogen-bond acceptors (Lipinski definition) is 5. The maximum Gasteiger partial charge on any atom is 0.416 e. The highest BCUT2D eigenvalue weighted by atomic mass is 35.5. The second-order valence-corrected chi connectivity index (χ2v) is 7.96. The number of nitrogens with zero attached hydrogens (tertiary/aromatic N) is 2. The van der Waals surface area contributed by atoms with Gasteiger partial charge in [-0.25, -0.2) is 0 Å². The lowest BCUT2D eigenvalue weighted by Gasteiger charge is -2.12. The summed E-state index contributed by atoms with van der Waals surface area (Å²) in [6.45, 7) is 0. The zero-order valence-corrected chi connectivity index (χ0v) is 17.7. The van der Waals surface area contributed by atoms with E-state index in [1.165, 1.54) is 13.1 Å². The predicted molar refractivity (Wildman–Crippen MR) is 111 cm³/mol. The maximum atomic E-state index is 13.2. The van der Waals surface area contributed by atoms with Crippen LogP contribution in [0.1, 0.15) is 45.9 Å². The molecule has 0 bridgehead atoms. The standard InChI is InChI=1S/C21H15ClF3N3O5/c1-27-20(30)17(18(26-27)10-2-3-10)19(29)13-9-12(5-6-15(13)28(31)32)33-16-7-4-11(8-14(16)22)21(23,24)25/h4-10,26H,2-3H2,1H3. The lowest BCUT2D eigenvalue weighted by Crippen LogP contribution is -2.20. The van der Waals surface area contributed by atoms with E-state index in [2.05, 4.69) is 5.10 Å². The molecule has 1 aliphatic rings. The molecule has 1 fully saturated rings. The zero-order valence-electron chi connectivity index (χ0n) is 16.9. The Kier molecular flexibility index (Phi) is 5.52. The van der Waals surface area contributed by atoms with E-state index < -0.39 is 33.7 Å². The van der Waals surface area contributed by atoms with Gasteiger partial charge >= 0.3 is 6.18 Å². The molecule has 12 heteroatoms. The number of rotatable bonds is 6. The lowest BCUT2D eigenvalue weighted by atomic mass is 10.00. The largest absolute Gasteiger partial charge is 0.456 e. The molecule has 172 valence electrons. The van der Waals surface area contributed by atoms with Crippen molar-refractivity contribution in [3.05, 3.63) is 84.3 Å². The summed E-state index contributed by atoms with van der Waals surface area (Å²) in [4.78, 5) is 36.6. The van der Waals surface area contributed by atoms with Gasteiger partial charge in [0.05, 0.1) is 21.2 Å². The Bertz CT molecular complexity index is 1340. The van der Waals surface area contributed by atoms with E-state index in [9.17, 15) is 32.9 Å². The molecule has 0 aliphatic heterocycles. The van der Waals surface area contributed by atoms with Crippen LogP contribution in [0.25, 0.3) is 0 Å². The summed E-state index contributed by atoms with van der Waals surface area (Å²) in [6, 6.07) is 5.72. The van der Waals surface area contributed by atoms with E-state index in [1.807, 2.05) is 0 Å². The summed E-state index contributed by atoms with van der Waals surface area (Å²) in [6.07, 6.45) is -3.05. The Morgan fingerprint density at radius 2 is 1.94 bits per heavy atom. The summed E-state index contributed by atoms with van der Waals surface area (Å²) in [5, 5.41) is 14.0. The van der Waals surface area contributed by atoms with E-state index in [1.54, 1.807) is 0 Å². The number of aromatic nitrogens is 2. The van der Waals surface area contributed by atoms with Crippen LogP contribution >= 0.6 is 11.6 Å². The van der Waals surface area contributed by atoms with Gasteiger partial charge in [-0.3, -0.25) is 29.5 Å². The summed E-state index contributed by atoms with van der Waals surface area (Å²) in [5.74, 6) is -1.09. The highest BCUT2D eigenvalue weighted by molar-refractivity contribution is 6.32. The molecule has 0 spiro atoms.